The van der Waals surface area contributed by atoms with Gasteiger partial charge < -0.3 is 20.1 Å². The minimum absolute atomic E-state index is 0.204. The van der Waals surface area contributed by atoms with E-state index in [-0.39, 0.29) is 5.91 Å². The van der Waals surface area contributed by atoms with Gasteiger partial charge in [-0.1, -0.05) is 42.5 Å². The number of nitrogens with one attached hydrogen (secondary N) is 2. The smallest absolute Gasteiger partial charge is 0.255 e. The number of allylic oxidation sites excluding steroid dienone is 1. The molecule has 1 amide bonds. The van der Waals surface area contributed by atoms with Gasteiger partial charge >= 0.3 is 0 Å². The van der Waals surface area contributed by atoms with E-state index in [0.717, 1.165) is 28.0 Å². The van der Waals surface area contributed by atoms with Crippen molar-refractivity contribution in [1.29, 1.82) is 0 Å². The quantitative estimate of drug-likeness (QED) is 0.458. The molecule has 33 heavy (non-hydrogen) atoms. The first kappa shape index (κ1) is 20.6. The van der Waals surface area contributed by atoms with Crippen molar-refractivity contribution in [3.05, 3.63) is 89.6 Å². The SMILES string of the molecule is COc1cccc([C@H]2C(C(=O)Nc3ccccc3)=C(C)Nc3nc4ccccc4n32)c1OC. The van der Waals surface area contributed by atoms with E-state index < -0.39 is 6.04 Å². The zero-order valence-corrected chi connectivity index (χ0v) is 18.6. The molecule has 2 N–H and O–H groups in total. The van der Waals surface area contributed by atoms with Gasteiger partial charge in [-0.25, -0.2) is 4.98 Å². The summed E-state index contributed by atoms with van der Waals surface area (Å²) < 4.78 is 13.4. The van der Waals surface area contributed by atoms with Crippen LogP contribution in [-0.4, -0.2) is 29.7 Å². The highest BCUT2D eigenvalue weighted by atomic mass is 16.5. The number of hydrogen-bond acceptors (Lipinski definition) is 5. The lowest BCUT2D eigenvalue weighted by Crippen LogP contribution is -2.31. The standard InChI is InChI=1S/C26H24N4O3/c1-16-22(25(31)28-17-10-5-4-6-11-17)23(18-12-9-15-21(32-2)24(18)33-3)30-20-14-8-7-13-19(20)29-26(30)27-16/h4-15,23H,1-3H3,(H,27,29)(H,28,31)/t23-/m0/s1. The Kier molecular flexibility index (Phi) is 5.22. The lowest BCUT2D eigenvalue weighted by Gasteiger charge is -2.31. The highest BCUT2D eigenvalue weighted by molar-refractivity contribution is 6.06. The summed E-state index contributed by atoms with van der Waals surface area (Å²) in [6.45, 7) is 1.89. The maximum Gasteiger partial charge on any atom is 0.255 e. The third-order valence-corrected chi connectivity index (χ3v) is 5.84. The number of carbonyl (C=O) groups is 1. The number of anilines is 2. The zero-order chi connectivity index (χ0) is 22.9. The summed E-state index contributed by atoms with van der Waals surface area (Å²) in [6, 6.07) is 22.5. The molecule has 166 valence electrons. The van der Waals surface area contributed by atoms with E-state index in [1.54, 1.807) is 14.2 Å². The highest BCUT2D eigenvalue weighted by Crippen LogP contribution is 2.45. The number of imidazole rings is 1. The maximum absolute atomic E-state index is 13.7. The van der Waals surface area contributed by atoms with E-state index >= 15 is 0 Å². The summed E-state index contributed by atoms with van der Waals surface area (Å²) in [6.07, 6.45) is 0. The molecule has 0 unspecified atom stereocenters. The number of benzene rings is 3. The largest absolute Gasteiger partial charge is 0.493 e. The Morgan fingerprint density at radius 3 is 2.48 bits per heavy atom. The number of aromatic nitrogens is 2. The van der Waals surface area contributed by atoms with Crippen LogP contribution in [0.3, 0.4) is 0 Å². The third-order valence-electron chi connectivity index (χ3n) is 5.84. The second kappa shape index (κ2) is 8.35. The van der Waals surface area contributed by atoms with Crippen molar-refractivity contribution in [1.82, 2.24) is 9.55 Å². The van der Waals surface area contributed by atoms with Crippen molar-refractivity contribution in [3.63, 3.8) is 0 Å². The van der Waals surface area contributed by atoms with E-state index in [1.807, 2.05) is 84.3 Å². The van der Waals surface area contributed by atoms with Crippen LogP contribution in [0.15, 0.2) is 84.1 Å². The zero-order valence-electron chi connectivity index (χ0n) is 18.6. The molecule has 0 bridgehead atoms. The molecule has 0 saturated carbocycles. The number of ether oxygens (including phenoxy) is 2. The lowest BCUT2D eigenvalue weighted by molar-refractivity contribution is -0.113. The van der Waals surface area contributed by atoms with Crippen molar-refractivity contribution in [2.24, 2.45) is 0 Å². The summed E-state index contributed by atoms with van der Waals surface area (Å²) in [5.74, 6) is 1.64. The normalized spacial score (nSPS) is 15.1. The van der Waals surface area contributed by atoms with Crippen LogP contribution in [0.4, 0.5) is 11.6 Å². The van der Waals surface area contributed by atoms with Gasteiger partial charge in [-0.15, -0.1) is 0 Å². The van der Waals surface area contributed by atoms with Gasteiger partial charge in [0.25, 0.3) is 5.91 Å². The van der Waals surface area contributed by atoms with E-state index in [2.05, 4.69) is 10.6 Å². The molecule has 1 aromatic heterocycles. The van der Waals surface area contributed by atoms with Crippen molar-refractivity contribution in [2.75, 3.05) is 24.9 Å². The molecule has 7 nitrogen and oxygen atoms in total. The average Bonchev–Trinajstić information content (AvgIpc) is 3.21. The number of hydrogen-bond donors (Lipinski definition) is 2. The number of amides is 1. The fraction of sp³-hybridized carbons (Fsp3) is 0.154. The van der Waals surface area contributed by atoms with Crippen molar-refractivity contribution in [3.8, 4) is 11.5 Å². The second-order valence-electron chi connectivity index (χ2n) is 7.76. The summed E-state index contributed by atoms with van der Waals surface area (Å²) in [5.41, 5.74) is 4.57. The topological polar surface area (TPSA) is 77.4 Å². The van der Waals surface area contributed by atoms with Crippen LogP contribution in [-0.2, 0) is 4.79 Å². The van der Waals surface area contributed by atoms with Gasteiger partial charge in [-0.3, -0.25) is 9.36 Å². The Balaban J connectivity index is 1.74. The monoisotopic (exact) mass is 440 g/mol. The molecule has 0 fully saturated rings. The van der Waals surface area contributed by atoms with E-state index in [4.69, 9.17) is 14.5 Å². The van der Waals surface area contributed by atoms with Crippen LogP contribution in [0, 0.1) is 0 Å². The van der Waals surface area contributed by atoms with Crippen molar-refractivity contribution in [2.45, 2.75) is 13.0 Å². The first-order valence-electron chi connectivity index (χ1n) is 10.6. The fourth-order valence-electron chi connectivity index (χ4n) is 4.40. The molecule has 0 aliphatic carbocycles. The molecule has 3 aromatic carbocycles. The van der Waals surface area contributed by atoms with Crippen LogP contribution >= 0.6 is 0 Å². The molecule has 7 heteroatoms. The van der Waals surface area contributed by atoms with E-state index in [1.165, 1.54) is 0 Å². The summed E-state index contributed by atoms with van der Waals surface area (Å²) in [4.78, 5) is 18.4. The van der Waals surface area contributed by atoms with Crippen LogP contribution in [0.25, 0.3) is 11.0 Å². The molecular formula is C26H24N4O3. The summed E-state index contributed by atoms with van der Waals surface area (Å²) in [7, 11) is 3.21. The maximum atomic E-state index is 13.7. The molecule has 5 rings (SSSR count). The van der Waals surface area contributed by atoms with Crippen molar-refractivity contribution < 1.29 is 14.3 Å². The molecule has 0 radical (unpaired) electrons. The molecule has 4 aromatic rings. The minimum atomic E-state index is -0.484. The Labute approximate surface area is 191 Å². The van der Waals surface area contributed by atoms with Crippen LogP contribution < -0.4 is 20.1 Å². The van der Waals surface area contributed by atoms with Crippen LogP contribution in [0.2, 0.25) is 0 Å². The summed E-state index contributed by atoms with van der Waals surface area (Å²) in [5, 5.41) is 6.37. The predicted octanol–water partition coefficient (Wildman–Crippen LogP) is 4.98. The fourth-order valence-corrected chi connectivity index (χ4v) is 4.40. The van der Waals surface area contributed by atoms with E-state index in [9.17, 15) is 4.79 Å². The van der Waals surface area contributed by atoms with Gasteiger partial charge in [0, 0.05) is 16.9 Å². The van der Waals surface area contributed by atoms with Gasteiger partial charge in [-0.2, -0.15) is 0 Å². The first-order valence-corrected chi connectivity index (χ1v) is 10.6. The number of carbonyl (C=O) groups excluding carboxylic acids is 1. The number of fused-ring (bicyclic) bond motifs is 3. The molecular weight excluding hydrogens is 416 g/mol. The second-order valence-corrected chi connectivity index (χ2v) is 7.76. The predicted molar refractivity (Wildman–Crippen MR) is 129 cm³/mol. The number of nitrogens with zero attached hydrogens (tertiary/aromatic N) is 2. The minimum Gasteiger partial charge on any atom is -0.493 e. The van der Waals surface area contributed by atoms with Crippen LogP contribution in [0.1, 0.15) is 18.5 Å². The summed E-state index contributed by atoms with van der Waals surface area (Å²) >= 11 is 0. The van der Waals surface area contributed by atoms with E-state index in [0.29, 0.717) is 23.0 Å². The molecule has 0 spiro atoms. The molecule has 1 atom stereocenters. The van der Waals surface area contributed by atoms with Crippen molar-refractivity contribution >= 4 is 28.6 Å². The molecule has 2 heterocycles. The number of rotatable bonds is 5. The molecule has 1 aliphatic rings. The Morgan fingerprint density at radius 1 is 0.970 bits per heavy atom. The number of para-hydroxylation sites is 4. The first-order chi connectivity index (χ1) is 16.1. The third kappa shape index (κ3) is 3.47. The Hall–Kier alpha value is -4.26. The van der Waals surface area contributed by atoms with Gasteiger partial charge in [0.15, 0.2) is 11.5 Å². The molecule has 1 aliphatic heterocycles. The van der Waals surface area contributed by atoms with Gasteiger partial charge in [0.1, 0.15) is 0 Å². The van der Waals surface area contributed by atoms with Gasteiger partial charge in [0.2, 0.25) is 5.95 Å². The molecule has 0 saturated heterocycles. The van der Waals surface area contributed by atoms with Gasteiger partial charge in [0.05, 0.1) is 36.9 Å². The number of methoxy groups -OCH3 is 2. The lowest BCUT2D eigenvalue weighted by atomic mass is 9.93. The Morgan fingerprint density at radius 2 is 1.73 bits per heavy atom. The van der Waals surface area contributed by atoms with Gasteiger partial charge in [-0.05, 0) is 37.3 Å². The average molecular weight is 441 g/mol. The Bertz CT molecular complexity index is 1380. The van der Waals surface area contributed by atoms with Crippen LogP contribution in [0.5, 0.6) is 11.5 Å². The highest BCUT2D eigenvalue weighted by Gasteiger charge is 2.36.